The van der Waals surface area contributed by atoms with Crippen LogP contribution < -0.4 is 14.2 Å². The quantitative estimate of drug-likeness (QED) is 0.590. The number of nitrogens with zero attached hydrogens (tertiary/aromatic N) is 1. The van der Waals surface area contributed by atoms with E-state index in [0.717, 1.165) is 47.4 Å². The van der Waals surface area contributed by atoms with Crippen LogP contribution in [0.2, 0.25) is 0 Å². The van der Waals surface area contributed by atoms with Crippen molar-refractivity contribution in [3.8, 4) is 17.2 Å². The van der Waals surface area contributed by atoms with Crippen LogP contribution in [0, 0.1) is 6.92 Å². The van der Waals surface area contributed by atoms with Gasteiger partial charge in [0.05, 0.1) is 32.6 Å². The predicted molar refractivity (Wildman–Crippen MR) is 102 cm³/mol. The van der Waals surface area contributed by atoms with Gasteiger partial charge in [-0.15, -0.1) is 0 Å². The number of rotatable bonds is 5. The molecule has 1 aliphatic rings. The van der Waals surface area contributed by atoms with Gasteiger partial charge in [-0.05, 0) is 61.6 Å². The maximum absolute atomic E-state index is 12.4. The molecule has 0 saturated heterocycles. The van der Waals surface area contributed by atoms with Crippen molar-refractivity contribution in [2.75, 3.05) is 21.3 Å². The summed E-state index contributed by atoms with van der Waals surface area (Å²) in [6, 6.07) is 8.95. The van der Waals surface area contributed by atoms with Crippen LogP contribution in [0.25, 0.3) is 0 Å². The monoisotopic (exact) mass is 369 g/mol. The Hall–Kier alpha value is -3.02. The van der Waals surface area contributed by atoms with E-state index in [9.17, 15) is 4.79 Å². The molecule has 2 aromatic rings. The van der Waals surface area contributed by atoms with Gasteiger partial charge >= 0.3 is 5.97 Å². The molecule has 6 heteroatoms. The van der Waals surface area contributed by atoms with E-state index < -0.39 is 5.97 Å². The fraction of sp³-hybridized carbons (Fsp3) is 0.333. The third-order valence-electron chi connectivity index (χ3n) is 4.62. The van der Waals surface area contributed by atoms with Gasteiger partial charge in [0, 0.05) is 11.6 Å². The summed E-state index contributed by atoms with van der Waals surface area (Å²) in [6.07, 6.45) is 2.65. The highest BCUT2D eigenvalue weighted by atomic mass is 16.7. The van der Waals surface area contributed by atoms with Gasteiger partial charge < -0.3 is 19.0 Å². The third kappa shape index (κ3) is 4.05. The van der Waals surface area contributed by atoms with Crippen molar-refractivity contribution in [2.45, 2.75) is 26.2 Å². The zero-order valence-electron chi connectivity index (χ0n) is 16.0. The molecule has 0 spiro atoms. The Morgan fingerprint density at radius 2 is 1.63 bits per heavy atom. The third-order valence-corrected chi connectivity index (χ3v) is 4.62. The lowest BCUT2D eigenvalue weighted by Crippen LogP contribution is -2.14. The maximum Gasteiger partial charge on any atom is 0.366 e. The highest BCUT2D eigenvalue weighted by molar-refractivity contribution is 6.03. The van der Waals surface area contributed by atoms with Gasteiger partial charge in [0.1, 0.15) is 17.2 Å². The fourth-order valence-electron chi connectivity index (χ4n) is 3.18. The minimum Gasteiger partial charge on any atom is -0.497 e. The highest BCUT2D eigenvalue weighted by Gasteiger charge is 2.19. The minimum atomic E-state index is -0.558. The van der Waals surface area contributed by atoms with Crippen molar-refractivity contribution in [2.24, 2.45) is 5.16 Å². The number of oxime groups is 1. The van der Waals surface area contributed by atoms with E-state index in [1.807, 2.05) is 19.1 Å². The van der Waals surface area contributed by atoms with Crippen molar-refractivity contribution in [3.05, 3.63) is 52.6 Å². The number of hydrogen-bond acceptors (Lipinski definition) is 6. The molecule has 0 amide bonds. The molecule has 0 aliphatic heterocycles. The number of carbonyl (C=O) groups is 1. The second kappa shape index (κ2) is 8.12. The van der Waals surface area contributed by atoms with Crippen LogP contribution in [0.5, 0.6) is 17.2 Å². The van der Waals surface area contributed by atoms with Crippen molar-refractivity contribution in [1.82, 2.24) is 0 Å². The Morgan fingerprint density at radius 1 is 0.926 bits per heavy atom. The molecule has 0 radical (unpaired) electrons. The molecule has 0 unspecified atom stereocenters. The zero-order valence-corrected chi connectivity index (χ0v) is 16.0. The first-order valence-electron chi connectivity index (χ1n) is 8.75. The average molecular weight is 369 g/mol. The van der Waals surface area contributed by atoms with E-state index in [1.165, 1.54) is 14.2 Å². The van der Waals surface area contributed by atoms with Crippen LogP contribution in [-0.4, -0.2) is 33.0 Å². The van der Waals surface area contributed by atoms with Crippen molar-refractivity contribution >= 4 is 11.7 Å². The first-order valence-corrected chi connectivity index (χ1v) is 8.75. The minimum absolute atomic E-state index is 0.317. The van der Waals surface area contributed by atoms with E-state index in [4.69, 9.17) is 19.0 Å². The number of carbonyl (C=O) groups excluding carboxylic acids is 1. The van der Waals surface area contributed by atoms with Gasteiger partial charge in [-0.3, -0.25) is 0 Å². The van der Waals surface area contributed by atoms with Crippen LogP contribution >= 0.6 is 0 Å². The molecule has 0 saturated carbocycles. The standard InChI is InChI=1S/C21H23NO5/c1-13-8-18-14(11-20(13)26-4)6-5-7-19(18)22-27-21(23)15-9-16(24-2)12-17(10-15)25-3/h8-12H,5-7H2,1-4H3. The van der Waals surface area contributed by atoms with Crippen LogP contribution in [0.15, 0.2) is 35.5 Å². The molecule has 0 fully saturated rings. The molecule has 27 heavy (non-hydrogen) atoms. The molecule has 1 aliphatic carbocycles. The van der Waals surface area contributed by atoms with E-state index in [-0.39, 0.29) is 0 Å². The topological polar surface area (TPSA) is 66.4 Å². The highest BCUT2D eigenvalue weighted by Crippen LogP contribution is 2.29. The van der Waals surface area contributed by atoms with Gasteiger partial charge in [0.2, 0.25) is 0 Å². The smallest absolute Gasteiger partial charge is 0.366 e. The molecule has 142 valence electrons. The van der Waals surface area contributed by atoms with Gasteiger partial charge in [-0.25, -0.2) is 4.79 Å². The lowest BCUT2D eigenvalue weighted by Gasteiger charge is -2.19. The SMILES string of the molecule is COc1cc(OC)cc(C(=O)ON=C2CCCc3cc(OC)c(C)cc32)c1. The summed E-state index contributed by atoms with van der Waals surface area (Å²) < 4.78 is 15.8. The van der Waals surface area contributed by atoms with E-state index in [1.54, 1.807) is 25.3 Å². The first-order chi connectivity index (χ1) is 13.0. The lowest BCUT2D eigenvalue weighted by atomic mass is 9.88. The maximum atomic E-state index is 12.4. The summed E-state index contributed by atoms with van der Waals surface area (Å²) in [5, 5.41) is 4.15. The van der Waals surface area contributed by atoms with Crippen molar-refractivity contribution in [3.63, 3.8) is 0 Å². The molecule has 6 nitrogen and oxygen atoms in total. The Morgan fingerprint density at radius 3 is 2.26 bits per heavy atom. The van der Waals surface area contributed by atoms with E-state index in [0.29, 0.717) is 17.1 Å². The number of hydrogen-bond donors (Lipinski definition) is 0. The van der Waals surface area contributed by atoms with Gasteiger partial charge in [0.25, 0.3) is 0 Å². The Labute approximate surface area is 158 Å². The Bertz CT molecular complexity index is 866. The molecule has 0 atom stereocenters. The molecule has 3 rings (SSSR count). The summed E-state index contributed by atoms with van der Waals surface area (Å²) in [6.45, 7) is 1.99. The molecule has 0 aromatic heterocycles. The normalized spacial score (nSPS) is 14.4. The lowest BCUT2D eigenvalue weighted by molar-refractivity contribution is 0.0514. The molecular formula is C21H23NO5. The second-order valence-electron chi connectivity index (χ2n) is 6.35. The van der Waals surface area contributed by atoms with Crippen LogP contribution in [-0.2, 0) is 11.3 Å². The summed E-state index contributed by atoms with van der Waals surface area (Å²) in [7, 11) is 4.72. The van der Waals surface area contributed by atoms with Gasteiger partial charge in [-0.1, -0.05) is 5.16 Å². The summed E-state index contributed by atoms with van der Waals surface area (Å²) >= 11 is 0. The van der Waals surface area contributed by atoms with Gasteiger partial charge in [-0.2, -0.15) is 0 Å². The van der Waals surface area contributed by atoms with Crippen LogP contribution in [0.3, 0.4) is 0 Å². The summed E-state index contributed by atoms with van der Waals surface area (Å²) in [5.41, 5.74) is 4.27. The fourth-order valence-corrected chi connectivity index (χ4v) is 3.18. The molecule has 0 bridgehead atoms. The number of benzene rings is 2. The molecule has 2 aromatic carbocycles. The molecule has 0 heterocycles. The summed E-state index contributed by atoms with van der Waals surface area (Å²) in [5.74, 6) is 1.33. The van der Waals surface area contributed by atoms with E-state index >= 15 is 0 Å². The van der Waals surface area contributed by atoms with Crippen molar-refractivity contribution in [1.29, 1.82) is 0 Å². The summed E-state index contributed by atoms with van der Waals surface area (Å²) in [4.78, 5) is 17.7. The number of ether oxygens (including phenoxy) is 3. The Balaban J connectivity index is 1.85. The molecule has 0 N–H and O–H groups in total. The average Bonchev–Trinajstić information content (AvgIpc) is 2.70. The van der Waals surface area contributed by atoms with Crippen LogP contribution in [0.1, 0.15) is 39.9 Å². The molecular weight excluding hydrogens is 346 g/mol. The van der Waals surface area contributed by atoms with E-state index in [2.05, 4.69) is 5.16 Å². The largest absolute Gasteiger partial charge is 0.497 e. The second-order valence-corrected chi connectivity index (χ2v) is 6.35. The number of fused-ring (bicyclic) bond motifs is 1. The Kier molecular flexibility index (Phi) is 5.64. The number of aryl methyl sites for hydroxylation is 2. The first kappa shape index (κ1) is 18.8. The van der Waals surface area contributed by atoms with Crippen LogP contribution in [0.4, 0.5) is 0 Å². The van der Waals surface area contributed by atoms with Gasteiger partial charge in [0.15, 0.2) is 0 Å². The zero-order chi connectivity index (χ0) is 19.4. The van der Waals surface area contributed by atoms with Crippen molar-refractivity contribution < 1.29 is 23.8 Å². The predicted octanol–water partition coefficient (Wildman–Crippen LogP) is 3.92. The number of methoxy groups -OCH3 is 3.